The summed E-state index contributed by atoms with van der Waals surface area (Å²) in [5.41, 5.74) is 2.80. The summed E-state index contributed by atoms with van der Waals surface area (Å²) < 4.78 is 18.5. The predicted octanol–water partition coefficient (Wildman–Crippen LogP) is 3.63. The van der Waals surface area contributed by atoms with Gasteiger partial charge in [-0.15, -0.1) is 0 Å². The van der Waals surface area contributed by atoms with E-state index >= 15 is 0 Å². The van der Waals surface area contributed by atoms with Crippen molar-refractivity contribution < 1.29 is 14.2 Å². The molecule has 3 aromatic rings. The number of ether oxygens (including phenoxy) is 3. The van der Waals surface area contributed by atoms with Crippen molar-refractivity contribution in [1.82, 2.24) is 14.5 Å². The van der Waals surface area contributed by atoms with Crippen LogP contribution in [0.5, 0.6) is 11.6 Å². The summed E-state index contributed by atoms with van der Waals surface area (Å²) in [5, 5.41) is 1.33. The Labute approximate surface area is 156 Å². The molecule has 0 N–H and O–H groups in total. The van der Waals surface area contributed by atoms with Gasteiger partial charge in [-0.05, 0) is 19.1 Å². The molecule has 0 spiro atoms. The highest BCUT2D eigenvalue weighted by molar-refractivity contribution is 6.37. The topological polar surface area (TPSA) is 58.4 Å². The van der Waals surface area contributed by atoms with Crippen LogP contribution >= 0.6 is 11.6 Å². The van der Waals surface area contributed by atoms with Gasteiger partial charge in [-0.2, -0.15) is 0 Å². The van der Waals surface area contributed by atoms with Crippen LogP contribution in [0.25, 0.3) is 22.2 Å². The highest BCUT2D eigenvalue weighted by Gasteiger charge is 2.22. The average Bonchev–Trinajstić information content (AvgIpc) is 2.94. The summed E-state index contributed by atoms with van der Waals surface area (Å²) in [6.45, 7) is 3.93. The van der Waals surface area contributed by atoms with Crippen LogP contribution in [0, 0.1) is 12.8 Å². The van der Waals surface area contributed by atoms with Gasteiger partial charge in [0.15, 0.2) is 0 Å². The second-order valence-corrected chi connectivity index (χ2v) is 6.84. The van der Waals surface area contributed by atoms with Crippen molar-refractivity contribution in [3.05, 3.63) is 35.2 Å². The minimum atomic E-state index is 0.384. The third-order valence-corrected chi connectivity index (χ3v) is 5.10. The molecule has 4 rings (SSSR count). The summed E-state index contributed by atoms with van der Waals surface area (Å²) in [4.78, 5) is 8.92. The maximum atomic E-state index is 6.68. The Balaban J connectivity index is 1.78. The van der Waals surface area contributed by atoms with E-state index in [1.165, 1.54) is 0 Å². The van der Waals surface area contributed by atoms with E-state index in [0.29, 0.717) is 42.4 Å². The van der Waals surface area contributed by atoms with Gasteiger partial charge >= 0.3 is 0 Å². The van der Waals surface area contributed by atoms with E-state index in [2.05, 4.69) is 9.97 Å². The molecule has 2 aromatic heterocycles. The molecule has 0 unspecified atom stereocenters. The van der Waals surface area contributed by atoms with Crippen molar-refractivity contribution in [3.8, 4) is 22.9 Å². The molecule has 7 heteroatoms. The standard InChI is InChI=1S/C19H20ClN3O3/c1-11-21-7-16(23(11)2)13-4-5-15-14(6-13)17(20)18(19(22-15)24-3)26-10-12-8-25-9-12/h4-7,12H,8-10H2,1-3H3. The molecule has 1 aliphatic heterocycles. The third-order valence-electron chi connectivity index (χ3n) is 4.73. The van der Waals surface area contributed by atoms with Crippen LogP contribution < -0.4 is 9.47 Å². The lowest BCUT2D eigenvalue weighted by atomic mass is 10.1. The molecule has 3 heterocycles. The van der Waals surface area contributed by atoms with E-state index in [-0.39, 0.29) is 0 Å². The number of benzene rings is 1. The molecule has 0 amide bonds. The minimum absolute atomic E-state index is 0.384. The summed E-state index contributed by atoms with van der Waals surface area (Å²) in [6.07, 6.45) is 1.86. The highest BCUT2D eigenvalue weighted by atomic mass is 35.5. The number of pyridine rings is 1. The van der Waals surface area contributed by atoms with E-state index < -0.39 is 0 Å². The minimum Gasteiger partial charge on any atom is -0.486 e. The normalized spacial score (nSPS) is 14.5. The molecule has 6 nitrogen and oxygen atoms in total. The van der Waals surface area contributed by atoms with E-state index in [4.69, 9.17) is 25.8 Å². The van der Waals surface area contributed by atoms with Crippen molar-refractivity contribution >= 4 is 22.5 Å². The molecule has 0 saturated carbocycles. The van der Waals surface area contributed by atoms with E-state index in [9.17, 15) is 0 Å². The number of fused-ring (bicyclic) bond motifs is 1. The van der Waals surface area contributed by atoms with Gasteiger partial charge in [0.05, 0.1) is 49.4 Å². The molecule has 1 saturated heterocycles. The Hall–Kier alpha value is -2.31. The van der Waals surface area contributed by atoms with Crippen LogP contribution in [0.3, 0.4) is 0 Å². The van der Waals surface area contributed by atoms with Gasteiger partial charge in [0.1, 0.15) is 5.82 Å². The first-order valence-electron chi connectivity index (χ1n) is 8.45. The monoisotopic (exact) mass is 373 g/mol. The Morgan fingerprint density at radius 2 is 2.15 bits per heavy atom. The summed E-state index contributed by atoms with van der Waals surface area (Å²) in [5.74, 6) is 2.21. The van der Waals surface area contributed by atoms with E-state index in [1.807, 2.05) is 42.9 Å². The quantitative estimate of drug-likeness (QED) is 0.683. The lowest BCUT2D eigenvalue weighted by Gasteiger charge is -2.26. The molecular weight excluding hydrogens is 354 g/mol. The smallest absolute Gasteiger partial charge is 0.258 e. The predicted molar refractivity (Wildman–Crippen MR) is 100 cm³/mol. The third kappa shape index (κ3) is 2.89. The Morgan fingerprint density at radius 3 is 2.77 bits per heavy atom. The van der Waals surface area contributed by atoms with Gasteiger partial charge in [0, 0.05) is 23.9 Å². The number of imidazole rings is 1. The number of halogens is 1. The van der Waals surface area contributed by atoms with Crippen molar-refractivity contribution in [2.24, 2.45) is 13.0 Å². The van der Waals surface area contributed by atoms with Gasteiger partial charge in [-0.3, -0.25) is 0 Å². The first-order valence-corrected chi connectivity index (χ1v) is 8.82. The first-order chi connectivity index (χ1) is 12.6. The second-order valence-electron chi connectivity index (χ2n) is 6.46. The molecule has 136 valence electrons. The molecule has 1 aromatic carbocycles. The van der Waals surface area contributed by atoms with Crippen molar-refractivity contribution in [2.45, 2.75) is 6.92 Å². The summed E-state index contributed by atoms with van der Waals surface area (Å²) in [6, 6.07) is 5.96. The highest BCUT2D eigenvalue weighted by Crippen LogP contribution is 2.40. The number of aryl methyl sites for hydroxylation is 1. The molecule has 1 fully saturated rings. The maximum Gasteiger partial charge on any atom is 0.258 e. The van der Waals surface area contributed by atoms with E-state index in [1.54, 1.807) is 7.11 Å². The first kappa shape index (κ1) is 17.1. The number of aromatic nitrogens is 3. The zero-order valence-electron chi connectivity index (χ0n) is 15.0. The SMILES string of the molecule is COc1nc2ccc(-c3cnc(C)n3C)cc2c(Cl)c1OCC1COC1. The number of hydrogen-bond acceptors (Lipinski definition) is 5. The van der Waals surface area contributed by atoms with Crippen LogP contribution in [0.1, 0.15) is 5.82 Å². The van der Waals surface area contributed by atoms with Gasteiger partial charge < -0.3 is 18.8 Å². The number of rotatable bonds is 5. The van der Waals surface area contributed by atoms with Gasteiger partial charge in [-0.1, -0.05) is 17.7 Å². The fourth-order valence-corrected chi connectivity index (χ4v) is 3.25. The van der Waals surface area contributed by atoms with Crippen LogP contribution in [0.15, 0.2) is 24.4 Å². The maximum absolute atomic E-state index is 6.68. The Kier molecular flexibility index (Phi) is 4.46. The number of methoxy groups -OCH3 is 1. The Bertz CT molecular complexity index is 966. The van der Waals surface area contributed by atoms with Gasteiger partial charge in [-0.25, -0.2) is 9.97 Å². The number of hydrogen-bond donors (Lipinski definition) is 0. The second kappa shape index (κ2) is 6.78. The zero-order valence-corrected chi connectivity index (χ0v) is 15.7. The molecular formula is C19H20ClN3O3. The van der Waals surface area contributed by atoms with Crippen LogP contribution in [-0.2, 0) is 11.8 Å². The van der Waals surface area contributed by atoms with Crippen molar-refractivity contribution in [1.29, 1.82) is 0 Å². The van der Waals surface area contributed by atoms with E-state index in [0.717, 1.165) is 28.0 Å². The van der Waals surface area contributed by atoms with Crippen LogP contribution in [-0.4, -0.2) is 41.5 Å². The number of nitrogens with zero attached hydrogens (tertiary/aromatic N) is 3. The molecule has 0 atom stereocenters. The van der Waals surface area contributed by atoms with Crippen LogP contribution in [0.4, 0.5) is 0 Å². The molecule has 0 aliphatic carbocycles. The lowest BCUT2D eigenvalue weighted by molar-refractivity contribution is -0.0511. The van der Waals surface area contributed by atoms with Crippen molar-refractivity contribution in [2.75, 3.05) is 26.9 Å². The van der Waals surface area contributed by atoms with Gasteiger partial charge in [0.25, 0.3) is 5.88 Å². The zero-order chi connectivity index (χ0) is 18.3. The Morgan fingerprint density at radius 1 is 1.35 bits per heavy atom. The van der Waals surface area contributed by atoms with Crippen LogP contribution in [0.2, 0.25) is 5.02 Å². The summed E-state index contributed by atoms with van der Waals surface area (Å²) >= 11 is 6.68. The largest absolute Gasteiger partial charge is 0.486 e. The average molecular weight is 374 g/mol. The molecule has 0 bridgehead atoms. The molecule has 26 heavy (non-hydrogen) atoms. The molecule has 1 aliphatic rings. The lowest BCUT2D eigenvalue weighted by Crippen LogP contribution is -2.32. The molecule has 0 radical (unpaired) electrons. The van der Waals surface area contributed by atoms with Gasteiger partial charge in [0.2, 0.25) is 5.75 Å². The van der Waals surface area contributed by atoms with Crippen molar-refractivity contribution in [3.63, 3.8) is 0 Å². The fourth-order valence-electron chi connectivity index (χ4n) is 2.96. The fraction of sp³-hybridized carbons (Fsp3) is 0.368. The summed E-state index contributed by atoms with van der Waals surface area (Å²) in [7, 11) is 3.56.